The third-order valence-corrected chi connectivity index (χ3v) is 2.93. The van der Waals surface area contributed by atoms with Crippen molar-refractivity contribution in [3.63, 3.8) is 0 Å². The first-order valence-corrected chi connectivity index (χ1v) is 5.58. The van der Waals surface area contributed by atoms with Crippen molar-refractivity contribution in [1.82, 2.24) is 9.80 Å². The van der Waals surface area contributed by atoms with Crippen molar-refractivity contribution in [3.8, 4) is 0 Å². The molecule has 5 heteroatoms. The quantitative estimate of drug-likeness (QED) is 0.640. The molecule has 2 aliphatic rings. The number of nitrogens with zero attached hydrogens (tertiary/aromatic N) is 2. The molecular weight excluding hydrogens is 196 g/mol. The van der Waals surface area contributed by atoms with E-state index in [4.69, 9.17) is 14.2 Å². The van der Waals surface area contributed by atoms with Gasteiger partial charge in [-0.2, -0.15) is 0 Å². The Labute approximate surface area is 90.9 Å². The van der Waals surface area contributed by atoms with Gasteiger partial charge in [0.25, 0.3) is 0 Å². The minimum Gasteiger partial charge on any atom is -0.379 e. The minimum absolute atomic E-state index is 0.0952. The standard InChI is InChI=1S/C10H20N2O3/c1-13-10(11-2-6-14-7-3-11)12-4-8-15-9-5-12/h10H,2-9H2,1H3. The van der Waals surface area contributed by atoms with Gasteiger partial charge in [0.2, 0.25) is 0 Å². The van der Waals surface area contributed by atoms with Gasteiger partial charge in [-0.15, -0.1) is 0 Å². The predicted octanol–water partition coefficient (Wildman–Crippen LogP) is -0.419. The van der Waals surface area contributed by atoms with Crippen molar-refractivity contribution < 1.29 is 14.2 Å². The summed E-state index contributed by atoms with van der Waals surface area (Å²) in [5.41, 5.74) is 0. The molecule has 0 aliphatic carbocycles. The van der Waals surface area contributed by atoms with E-state index in [1.165, 1.54) is 0 Å². The zero-order valence-corrected chi connectivity index (χ0v) is 9.35. The maximum absolute atomic E-state index is 5.57. The van der Waals surface area contributed by atoms with Crippen LogP contribution in [-0.2, 0) is 14.2 Å². The number of ether oxygens (including phenoxy) is 3. The third-order valence-electron chi connectivity index (χ3n) is 2.93. The molecule has 0 aromatic rings. The lowest BCUT2D eigenvalue weighted by molar-refractivity contribution is -0.175. The zero-order chi connectivity index (χ0) is 10.5. The second kappa shape index (κ2) is 5.77. The van der Waals surface area contributed by atoms with Crippen LogP contribution in [0, 0.1) is 0 Å². The first-order chi connectivity index (χ1) is 7.42. The molecule has 0 N–H and O–H groups in total. The van der Waals surface area contributed by atoms with Gasteiger partial charge in [0, 0.05) is 33.3 Å². The van der Waals surface area contributed by atoms with Crippen LogP contribution in [0.25, 0.3) is 0 Å². The van der Waals surface area contributed by atoms with Crippen LogP contribution in [0.4, 0.5) is 0 Å². The molecule has 2 heterocycles. The molecule has 88 valence electrons. The van der Waals surface area contributed by atoms with Crippen molar-refractivity contribution in [2.24, 2.45) is 0 Å². The van der Waals surface area contributed by atoms with Crippen molar-refractivity contribution >= 4 is 0 Å². The monoisotopic (exact) mass is 216 g/mol. The van der Waals surface area contributed by atoms with E-state index in [9.17, 15) is 0 Å². The zero-order valence-electron chi connectivity index (χ0n) is 9.35. The maximum Gasteiger partial charge on any atom is 0.168 e. The molecule has 0 radical (unpaired) electrons. The van der Waals surface area contributed by atoms with Crippen LogP contribution in [0.3, 0.4) is 0 Å². The lowest BCUT2D eigenvalue weighted by atomic mass is 10.4. The fourth-order valence-electron chi connectivity index (χ4n) is 2.13. The maximum atomic E-state index is 5.57. The van der Waals surface area contributed by atoms with Gasteiger partial charge in [-0.3, -0.25) is 9.80 Å². The van der Waals surface area contributed by atoms with Gasteiger partial charge < -0.3 is 14.2 Å². The molecule has 2 rings (SSSR count). The summed E-state index contributed by atoms with van der Waals surface area (Å²) in [5, 5.41) is 0. The molecule has 0 atom stereocenters. The summed E-state index contributed by atoms with van der Waals surface area (Å²) < 4.78 is 16.3. The van der Waals surface area contributed by atoms with E-state index >= 15 is 0 Å². The van der Waals surface area contributed by atoms with E-state index in [1.807, 2.05) is 0 Å². The van der Waals surface area contributed by atoms with E-state index in [2.05, 4.69) is 9.80 Å². The van der Waals surface area contributed by atoms with E-state index in [1.54, 1.807) is 7.11 Å². The van der Waals surface area contributed by atoms with E-state index in [0.29, 0.717) is 0 Å². The summed E-state index contributed by atoms with van der Waals surface area (Å²) in [6, 6.07) is 0. The topological polar surface area (TPSA) is 34.2 Å². The average molecular weight is 216 g/mol. The first kappa shape index (κ1) is 11.3. The Bertz CT molecular complexity index is 162. The molecule has 0 saturated carbocycles. The fourth-order valence-corrected chi connectivity index (χ4v) is 2.13. The lowest BCUT2D eigenvalue weighted by Gasteiger charge is -2.41. The smallest absolute Gasteiger partial charge is 0.168 e. The minimum atomic E-state index is 0.0952. The molecular formula is C10H20N2O3. The number of morpholine rings is 2. The van der Waals surface area contributed by atoms with Crippen LogP contribution < -0.4 is 0 Å². The normalized spacial score (nSPS) is 26.0. The Morgan fingerprint density at radius 2 is 1.27 bits per heavy atom. The molecule has 0 unspecified atom stereocenters. The van der Waals surface area contributed by atoms with Crippen molar-refractivity contribution in [3.05, 3.63) is 0 Å². The van der Waals surface area contributed by atoms with Gasteiger partial charge in [0.1, 0.15) is 0 Å². The van der Waals surface area contributed by atoms with Gasteiger partial charge >= 0.3 is 0 Å². The Morgan fingerprint density at radius 1 is 0.867 bits per heavy atom. The van der Waals surface area contributed by atoms with Gasteiger partial charge in [-0.25, -0.2) is 0 Å². The highest BCUT2D eigenvalue weighted by atomic mass is 16.5. The van der Waals surface area contributed by atoms with Crippen molar-refractivity contribution in [2.45, 2.75) is 6.35 Å². The first-order valence-electron chi connectivity index (χ1n) is 5.58. The molecule has 0 aromatic carbocycles. The molecule has 5 nitrogen and oxygen atoms in total. The SMILES string of the molecule is COC(N1CCOCC1)N1CCOCC1. The highest BCUT2D eigenvalue weighted by Gasteiger charge is 2.27. The van der Waals surface area contributed by atoms with Gasteiger partial charge in [-0.05, 0) is 0 Å². The number of methoxy groups -OCH3 is 1. The predicted molar refractivity (Wildman–Crippen MR) is 55.6 cm³/mol. The van der Waals surface area contributed by atoms with E-state index < -0.39 is 0 Å². The van der Waals surface area contributed by atoms with E-state index in [-0.39, 0.29) is 6.35 Å². The second-order valence-electron chi connectivity index (χ2n) is 3.86. The fraction of sp³-hybridized carbons (Fsp3) is 1.00. The van der Waals surface area contributed by atoms with Crippen molar-refractivity contribution in [2.75, 3.05) is 59.7 Å². The Hall–Kier alpha value is -0.200. The highest BCUT2D eigenvalue weighted by Crippen LogP contribution is 2.11. The Morgan fingerprint density at radius 3 is 1.60 bits per heavy atom. The number of rotatable bonds is 3. The second-order valence-corrected chi connectivity index (χ2v) is 3.86. The van der Waals surface area contributed by atoms with Crippen LogP contribution in [0.5, 0.6) is 0 Å². The molecule has 2 fully saturated rings. The molecule has 0 spiro atoms. The molecule has 2 saturated heterocycles. The van der Waals surface area contributed by atoms with Gasteiger partial charge in [0.15, 0.2) is 6.35 Å². The largest absolute Gasteiger partial charge is 0.379 e. The molecule has 0 bridgehead atoms. The van der Waals surface area contributed by atoms with Gasteiger partial charge in [-0.1, -0.05) is 0 Å². The van der Waals surface area contributed by atoms with Crippen LogP contribution >= 0.6 is 0 Å². The number of hydrogen-bond acceptors (Lipinski definition) is 5. The van der Waals surface area contributed by atoms with Crippen LogP contribution in [0.1, 0.15) is 0 Å². The van der Waals surface area contributed by atoms with E-state index in [0.717, 1.165) is 52.6 Å². The van der Waals surface area contributed by atoms with Crippen LogP contribution in [0.2, 0.25) is 0 Å². The third kappa shape index (κ3) is 2.89. The summed E-state index contributed by atoms with van der Waals surface area (Å²) in [6.07, 6.45) is 0.0952. The summed E-state index contributed by atoms with van der Waals surface area (Å²) in [5.74, 6) is 0. The molecule has 0 amide bonds. The van der Waals surface area contributed by atoms with Crippen LogP contribution in [-0.4, -0.2) is 75.9 Å². The summed E-state index contributed by atoms with van der Waals surface area (Å²) in [7, 11) is 1.77. The summed E-state index contributed by atoms with van der Waals surface area (Å²) in [6.45, 7) is 7.06. The van der Waals surface area contributed by atoms with Gasteiger partial charge in [0.05, 0.1) is 26.4 Å². The van der Waals surface area contributed by atoms with Crippen molar-refractivity contribution in [1.29, 1.82) is 0 Å². The summed E-state index contributed by atoms with van der Waals surface area (Å²) in [4.78, 5) is 4.66. The molecule has 0 aromatic heterocycles. The summed E-state index contributed by atoms with van der Waals surface area (Å²) >= 11 is 0. The molecule has 2 aliphatic heterocycles. The Kier molecular flexibility index (Phi) is 4.34. The highest BCUT2D eigenvalue weighted by molar-refractivity contribution is 4.70. The molecule has 15 heavy (non-hydrogen) atoms. The number of hydrogen-bond donors (Lipinski definition) is 0. The lowest BCUT2D eigenvalue weighted by Crippen LogP contribution is -2.56. The van der Waals surface area contributed by atoms with Crippen LogP contribution in [0.15, 0.2) is 0 Å². The average Bonchev–Trinajstić information content (AvgIpc) is 2.33. The Balaban J connectivity index is 1.88.